The van der Waals surface area contributed by atoms with E-state index in [1.807, 2.05) is 0 Å². The maximum atomic E-state index is 11.2. The molecule has 1 aliphatic rings. The number of aromatic hydroxyl groups is 1. The summed E-state index contributed by atoms with van der Waals surface area (Å²) in [5.41, 5.74) is 1.17. The van der Waals surface area contributed by atoms with E-state index in [0.717, 1.165) is 16.6 Å². The van der Waals surface area contributed by atoms with Crippen LogP contribution in [0.4, 0.5) is 5.69 Å². The summed E-state index contributed by atoms with van der Waals surface area (Å²) in [6, 6.07) is 3.28. The Hall–Kier alpha value is -1.11. The lowest BCUT2D eigenvalue weighted by Crippen LogP contribution is -2.34. The third-order valence-electron chi connectivity index (χ3n) is 2.72. The Morgan fingerprint density at radius 2 is 2.39 bits per heavy atom. The van der Waals surface area contributed by atoms with Crippen molar-refractivity contribution in [2.24, 2.45) is 0 Å². The Morgan fingerprint density at radius 3 is 3.00 bits per heavy atom. The standard InChI is InChI=1S/C12H15BrN2O3/c1-7(16)15-12-9(17)3-2-8(13)11(12)10-6-14-4-5-18-10/h2-3,10,14,17H,4-6H2,1H3,(H,15,16). The lowest BCUT2D eigenvalue weighted by atomic mass is 10.0. The second kappa shape index (κ2) is 5.69. The fraction of sp³-hybridized carbons (Fsp3) is 0.417. The number of phenolic OH excluding ortho intramolecular Hbond substituents is 1. The van der Waals surface area contributed by atoms with E-state index in [2.05, 4.69) is 26.6 Å². The molecular formula is C12H15BrN2O3. The predicted molar refractivity (Wildman–Crippen MR) is 71.7 cm³/mol. The number of nitrogens with one attached hydrogen (secondary N) is 2. The number of rotatable bonds is 2. The minimum absolute atomic E-state index is 0.0394. The molecule has 1 aliphatic heterocycles. The third kappa shape index (κ3) is 2.82. The molecule has 2 rings (SSSR count). The maximum absolute atomic E-state index is 11.2. The van der Waals surface area contributed by atoms with E-state index in [-0.39, 0.29) is 17.8 Å². The fourth-order valence-corrected chi connectivity index (χ4v) is 2.54. The first-order valence-electron chi connectivity index (χ1n) is 5.71. The molecule has 1 aromatic carbocycles. The first-order valence-corrected chi connectivity index (χ1v) is 6.50. The van der Waals surface area contributed by atoms with Crippen LogP contribution in [-0.2, 0) is 9.53 Å². The Bertz CT molecular complexity index is 459. The van der Waals surface area contributed by atoms with Crippen LogP contribution in [0.15, 0.2) is 16.6 Å². The second-order valence-electron chi connectivity index (χ2n) is 4.10. The number of carbonyl (C=O) groups is 1. The van der Waals surface area contributed by atoms with Crippen LogP contribution in [0.3, 0.4) is 0 Å². The van der Waals surface area contributed by atoms with Crippen molar-refractivity contribution in [2.45, 2.75) is 13.0 Å². The molecule has 5 nitrogen and oxygen atoms in total. The number of halogens is 1. The first-order chi connectivity index (χ1) is 8.59. The van der Waals surface area contributed by atoms with E-state index < -0.39 is 0 Å². The topological polar surface area (TPSA) is 70.6 Å². The molecule has 98 valence electrons. The monoisotopic (exact) mass is 314 g/mol. The molecule has 1 heterocycles. The zero-order chi connectivity index (χ0) is 13.1. The highest BCUT2D eigenvalue weighted by atomic mass is 79.9. The van der Waals surface area contributed by atoms with E-state index in [1.165, 1.54) is 13.0 Å². The molecule has 1 aromatic rings. The molecular weight excluding hydrogens is 300 g/mol. The van der Waals surface area contributed by atoms with Gasteiger partial charge in [0.1, 0.15) is 5.75 Å². The fourth-order valence-electron chi connectivity index (χ4n) is 1.96. The molecule has 1 amide bonds. The molecule has 18 heavy (non-hydrogen) atoms. The summed E-state index contributed by atoms with van der Waals surface area (Å²) in [6.07, 6.45) is -0.193. The number of ether oxygens (including phenoxy) is 1. The minimum Gasteiger partial charge on any atom is -0.506 e. The number of hydrogen-bond donors (Lipinski definition) is 3. The van der Waals surface area contributed by atoms with Gasteiger partial charge in [0.25, 0.3) is 0 Å². The van der Waals surface area contributed by atoms with Crippen molar-refractivity contribution >= 4 is 27.5 Å². The van der Waals surface area contributed by atoms with Crippen molar-refractivity contribution in [1.29, 1.82) is 0 Å². The van der Waals surface area contributed by atoms with Gasteiger partial charge in [-0.15, -0.1) is 0 Å². The molecule has 1 atom stereocenters. The zero-order valence-corrected chi connectivity index (χ0v) is 11.6. The average Bonchev–Trinajstić information content (AvgIpc) is 2.35. The van der Waals surface area contributed by atoms with E-state index in [0.29, 0.717) is 18.8 Å². The van der Waals surface area contributed by atoms with Gasteiger partial charge in [-0.2, -0.15) is 0 Å². The van der Waals surface area contributed by atoms with Crippen LogP contribution < -0.4 is 10.6 Å². The molecule has 1 saturated heterocycles. The molecule has 1 fully saturated rings. The molecule has 0 bridgehead atoms. The highest BCUT2D eigenvalue weighted by Gasteiger charge is 2.24. The predicted octanol–water partition coefficient (Wildman–Crippen LogP) is 1.77. The van der Waals surface area contributed by atoms with Gasteiger partial charge >= 0.3 is 0 Å². The summed E-state index contributed by atoms with van der Waals surface area (Å²) in [5, 5.41) is 15.8. The van der Waals surface area contributed by atoms with Crippen molar-refractivity contribution in [2.75, 3.05) is 25.0 Å². The smallest absolute Gasteiger partial charge is 0.221 e. The van der Waals surface area contributed by atoms with Gasteiger partial charge in [0.2, 0.25) is 5.91 Å². The van der Waals surface area contributed by atoms with Crippen LogP contribution in [-0.4, -0.2) is 30.7 Å². The summed E-state index contributed by atoms with van der Waals surface area (Å²) in [6.45, 7) is 3.47. The van der Waals surface area contributed by atoms with E-state index in [4.69, 9.17) is 4.74 Å². The Kier molecular flexibility index (Phi) is 4.21. The van der Waals surface area contributed by atoms with Crippen molar-refractivity contribution in [1.82, 2.24) is 5.32 Å². The number of hydrogen-bond acceptors (Lipinski definition) is 4. The number of benzene rings is 1. The molecule has 1 unspecified atom stereocenters. The van der Waals surface area contributed by atoms with Crippen molar-refractivity contribution in [3.8, 4) is 5.75 Å². The van der Waals surface area contributed by atoms with Gasteiger partial charge in [-0.3, -0.25) is 4.79 Å². The number of carbonyl (C=O) groups excluding carboxylic acids is 1. The van der Waals surface area contributed by atoms with Crippen molar-refractivity contribution in [3.05, 3.63) is 22.2 Å². The summed E-state index contributed by atoms with van der Waals surface area (Å²) >= 11 is 3.44. The normalized spacial score (nSPS) is 19.6. The zero-order valence-electron chi connectivity index (χ0n) is 10.00. The van der Waals surface area contributed by atoms with Gasteiger partial charge in [-0.25, -0.2) is 0 Å². The summed E-state index contributed by atoms with van der Waals surface area (Å²) in [5.74, 6) is -0.189. The van der Waals surface area contributed by atoms with Crippen LogP contribution in [0, 0.1) is 0 Å². The van der Waals surface area contributed by atoms with Gasteiger partial charge < -0.3 is 20.5 Å². The molecule has 0 aliphatic carbocycles. The molecule has 0 radical (unpaired) electrons. The van der Waals surface area contributed by atoms with Crippen LogP contribution in [0.25, 0.3) is 0 Å². The number of phenols is 1. The summed E-state index contributed by atoms with van der Waals surface area (Å²) < 4.78 is 6.47. The third-order valence-corrected chi connectivity index (χ3v) is 3.41. The lowest BCUT2D eigenvalue weighted by molar-refractivity contribution is -0.114. The van der Waals surface area contributed by atoms with Gasteiger partial charge in [0.15, 0.2) is 0 Å². The van der Waals surface area contributed by atoms with Crippen LogP contribution in [0.5, 0.6) is 5.75 Å². The van der Waals surface area contributed by atoms with Crippen LogP contribution >= 0.6 is 15.9 Å². The molecule has 0 aromatic heterocycles. The minimum atomic E-state index is -0.228. The summed E-state index contributed by atoms with van der Waals surface area (Å²) in [7, 11) is 0. The van der Waals surface area contributed by atoms with Gasteiger partial charge in [0, 0.05) is 30.0 Å². The van der Waals surface area contributed by atoms with Crippen molar-refractivity contribution in [3.63, 3.8) is 0 Å². The average molecular weight is 315 g/mol. The van der Waals surface area contributed by atoms with E-state index in [9.17, 15) is 9.90 Å². The lowest BCUT2D eigenvalue weighted by Gasteiger charge is -2.27. The first kappa shape index (κ1) is 13.3. The number of anilines is 1. The second-order valence-corrected chi connectivity index (χ2v) is 4.95. The van der Waals surface area contributed by atoms with E-state index >= 15 is 0 Å². The quantitative estimate of drug-likeness (QED) is 0.728. The largest absolute Gasteiger partial charge is 0.506 e. The van der Waals surface area contributed by atoms with E-state index in [1.54, 1.807) is 6.07 Å². The Morgan fingerprint density at radius 1 is 1.61 bits per heavy atom. The number of amides is 1. The number of morpholine rings is 1. The van der Waals surface area contributed by atoms with Gasteiger partial charge in [-0.1, -0.05) is 15.9 Å². The summed E-state index contributed by atoms with van der Waals surface area (Å²) in [4.78, 5) is 11.2. The highest BCUT2D eigenvalue weighted by molar-refractivity contribution is 9.10. The molecule has 3 N–H and O–H groups in total. The molecule has 0 spiro atoms. The van der Waals surface area contributed by atoms with Gasteiger partial charge in [-0.05, 0) is 12.1 Å². The SMILES string of the molecule is CC(=O)Nc1c(O)ccc(Br)c1C1CNCCO1. The molecule has 6 heteroatoms. The van der Waals surface area contributed by atoms with Crippen molar-refractivity contribution < 1.29 is 14.6 Å². The Labute approximate surface area is 114 Å². The maximum Gasteiger partial charge on any atom is 0.221 e. The Balaban J connectivity index is 2.41. The van der Waals surface area contributed by atoms with Gasteiger partial charge in [0.05, 0.1) is 18.4 Å². The molecule has 0 saturated carbocycles. The van der Waals surface area contributed by atoms with Crippen LogP contribution in [0.1, 0.15) is 18.6 Å². The van der Waals surface area contributed by atoms with Crippen LogP contribution in [0.2, 0.25) is 0 Å². The highest BCUT2D eigenvalue weighted by Crippen LogP contribution is 2.39.